The number of rotatable bonds is 2. The first-order chi connectivity index (χ1) is 19.1. The normalized spacial score (nSPS) is 20.6. The van der Waals surface area contributed by atoms with E-state index < -0.39 is 0 Å². The third-order valence-electron chi connectivity index (χ3n) is 7.29. The van der Waals surface area contributed by atoms with Gasteiger partial charge in [-0.15, -0.1) is 5.10 Å². The largest absolute Gasteiger partial charge is 0.497 e. The van der Waals surface area contributed by atoms with Crippen molar-refractivity contribution >= 4 is 5.91 Å². The van der Waals surface area contributed by atoms with Gasteiger partial charge in [-0.1, -0.05) is 17.3 Å². The molecule has 0 radical (unpaired) electrons. The lowest BCUT2D eigenvalue weighted by molar-refractivity contribution is 0.0941. The Morgan fingerprint density at radius 1 is 1.05 bits per heavy atom. The number of fused-ring (bicyclic) bond motifs is 6. The summed E-state index contributed by atoms with van der Waals surface area (Å²) < 4.78 is 25.0. The third kappa shape index (κ3) is 6.81. The van der Waals surface area contributed by atoms with E-state index in [1.54, 1.807) is 37.1 Å². The van der Waals surface area contributed by atoms with Crippen LogP contribution in [0.2, 0.25) is 0 Å². The molecule has 1 aromatic heterocycles. The first-order valence-electron chi connectivity index (χ1n) is 13.6. The number of benzene rings is 2. The van der Waals surface area contributed by atoms with Crippen LogP contribution in [-0.4, -0.2) is 66.3 Å². The molecule has 1 amide bonds. The van der Waals surface area contributed by atoms with Crippen LogP contribution in [0.1, 0.15) is 47.3 Å². The molecule has 5 rings (SSSR count). The number of aromatic nitrogens is 3. The summed E-state index contributed by atoms with van der Waals surface area (Å²) in [5.41, 5.74) is 2.31. The quantitative estimate of drug-likeness (QED) is 0.531. The van der Waals surface area contributed by atoms with Crippen LogP contribution in [0.25, 0.3) is 0 Å². The molecule has 0 spiro atoms. The maximum atomic E-state index is 13.1. The Kier molecular flexibility index (Phi) is 8.82. The van der Waals surface area contributed by atoms with Crippen molar-refractivity contribution in [3.05, 3.63) is 59.4 Å². The molecule has 10 nitrogen and oxygen atoms in total. The molecule has 10 heteroatoms. The number of hydrogen-bond acceptors (Lipinski definition) is 8. The first-order valence-corrected chi connectivity index (χ1v) is 13.6. The summed E-state index contributed by atoms with van der Waals surface area (Å²) in [6.07, 6.45) is 5.77. The fraction of sp³-hybridized carbons (Fsp3) is 0.483. The minimum Gasteiger partial charge on any atom is -0.497 e. The fourth-order valence-corrected chi connectivity index (χ4v) is 5.27. The van der Waals surface area contributed by atoms with Crippen molar-refractivity contribution in [1.82, 2.24) is 25.2 Å². The Hall–Kier alpha value is -3.79. The predicted molar refractivity (Wildman–Crippen MR) is 145 cm³/mol. The molecule has 1 fully saturated rings. The maximum absolute atomic E-state index is 13.1. The van der Waals surface area contributed by atoms with Gasteiger partial charge in [0.1, 0.15) is 23.8 Å². The van der Waals surface area contributed by atoms with E-state index in [9.17, 15) is 4.79 Å². The minimum atomic E-state index is -0.151. The zero-order valence-electron chi connectivity index (χ0n) is 22.7. The predicted octanol–water partition coefficient (Wildman–Crippen LogP) is 3.69. The Morgan fingerprint density at radius 2 is 1.97 bits per heavy atom. The number of para-hydroxylation sites is 1. The second kappa shape index (κ2) is 12.8. The van der Waals surface area contributed by atoms with Gasteiger partial charge in [-0.25, -0.2) is 0 Å². The minimum absolute atomic E-state index is 0.151. The number of aryl methyl sites for hydroxylation is 1. The molecule has 2 unspecified atom stereocenters. The third-order valence-corrected chi connectivity index (χ3v) is 7.29. The Morgan fingerprint density at radius 3 is 2.85 bits per heavy atom. The lowest BCUT2D eigenvalue weighted by Gasteiger charge is -2.33. The van der Waals surface area contributed by atoms with Crippen molar-refractivity contribution < 1.29 is 23.7 Å². The highest BCUT2D eigenvalue weighted by atomic mass is 16.5. The van der Waals surface area contributed by atoms with Gasteiger partial charge in [0.05, 0.1) is 32.6 Å². The average Bonchev–Trinajstić information content (AvgIpc) is 3.42. The molecule has 1 saturated heterocycles. The smallest absolute Gasteiger partial charge is 0.255 e. The van der Waals surface area contributed by atoms with Crippen molar-refractivity contribution in [2.45, 2.75) is 45.4 Å². The number of piperidine rings is 1. The van der Waals surface area contributed by atoms with Gasteiger partial charge in [0.25, 0.3) is 5.91 Å². The van der Waals surface area contributed by atoms with Crippen LogP contribution in [0.3, 0.4) is 0 Å². The van der Waals surface area contributed by atoms with Gasteiger partial charge in [0, 0.05) is 38.2 Å². The molecule has 4 bridgehead atoms. The van der Waals surface area contributed by atoms with Gasteiger partial charge in [-0.3, -0.25) is 14.4 Å². The maximum Gasteiger partial charge on any atom is 0.255 e. The number of ether oxygens (including phenoxy) is 4. The molecular weight excluding hydrogens is 498 g/mol. The Bertz CT molecular complexity index is 1260. The molecule has 3 heterocycles. The zero-order chi connectivity index (χ0) is 27.0. The van der Waals surface area contributed by atoms with Gasteiger partial charge in [0.2, 0.25) is 0 Å². The highest BCUT2D eigenvalue weighted by Gasteiger charge is 2.23. The topological polar surface area (TPSA) is 100.0 Å². The van der Waals surface area contributed by atoms with Crippen LogP contribution in [0, 0.1) is 5.92 Å². The number of nitrogens with one attached hydrogen (secondary N) is 1. The van der Waals surface area contributed by atoms with Crippen molar-refractivity contribution in [2.24, 2.45) is 5.92 Å². The summed E-state index contributed by atoms with van der Waals surface area (Å²) in [7, 11) is 3.26. The number of amides is 1. The summed E-state index contributed by atoms with van der Waals surface area (Å²) in [5.74, 6) is 2.97. The molecular formula is C29H37N5O5. The van der Waals surface area contributed by atoms with E-state index in [-0.39, 0.29) is 5.91 Å². The highest BCUT2D eigenvalue weighted by molar-refractivity contribution is 5.97. The molecule has 1 N–H and O–H groups in total. The second-order valence-corrected chi connectivity index (χ2v) is 10.1. The van der Waals surface area contributed by atoms with E-state index >= 15 is 0 Å². The van der Waals surface area contributed by atoms with E-state index in [2.05, 4.69) is 26.6 Å². The lowest BCUT2D eigenvalue weighted by Crippen LogP contribution is -2.36. The summed E-state index contributed by atoms with van der Waals surface area (Å²) in [6, 6.07) is 11.4. The van der Waals surface area contributed by atoms with Crippen LogP contribution in [0.15, 0.2) is 42.6 Å². The van der Waals surface area contributed by atoms with Crippen molar-refractivity contribution in [2.75, 3.05) is 40.5 Å². The average molecular weight is 536 g/mol. The number of nitrogens with zero attached hydrogens (tertiary/aromatic N) is 4. The zero-order valence-corrected chi connectivity index (χ0v) is 22.7. The van der Waals surface area contributed by atoms with Crippen molar-refractivity contribution in [3.8, 4) is 23.0 Å². The monoisotopic (exact) mass is 535 g/mol. The van der Waals surface area contributed by atoms with E-state index in [0.717, 1.165) is 55.9 Å². The number of methoxy groups -OCH3 is 2. The molecule has 39 heavy (non-hydrogen) atoms. The lowest BCUT2D eigenvalue weighted by atomic mass is 9.94. The Balaban J connectivity index is 1.36. The van der Waals surface area contributed by atoms with Gasteiger partial charge >= 0.3 is 0 Å². The Labute approximate surface area is 229 Å². The first kappa shape index (κ1) is 26.8. The summed E-state index contributed by atoms with van der Waals surface area (Å²) >= 11 is 0. The second-order valence-electron chi connectivity index (χ2n) is 10.1. The molecule has 0 saturated carbocycles. The van der Waals surface area contributed by atoms with E-state index in [4.69, 9.17) is 18.9 Å². The summed E-state index contributed by atoms with van der Waals surface area (Å²) in [5, 5.41) is 11.6. The molecule has 208 valence electrons. The number of hydrogen-bond donors (Lipinski definition) is 1. The highest BCUT2D eigenvalue weighted by Crippen LogP contribution is 2.34. The van der Waals surface area contributed by atoms with Crippen LogP contribution in [0.5, 0.6) is 23.0 Å². The van der Waals surface area contributed by atoms with Crippen molar-refractivity contribution in [1.29, 1.82) is 0 Å². The van der Waals surface area contributed by atoms with E-state index in [1.807, 2.05) is 18.3 Å². The van der Waals surface area contributed by atoms with E-state index in [0.29, 0.717) is 61.5 Å². The molecule has 3 aromatic rings. The van der Waals surface area contributed by atoms with Gasteiger partial charge < -0.3 is 24.3 Å². The summed E-state index contributed by atoms with van der Waals surface area (Å²) in [4.78, 5) is 15.6. The molecule has 2 aromatic carbocycles. The fourth-order valence-electron chi connectivity index (χ4n) is 5.27. The van der Waals surface area contributed by atoms with Gasteiger partial charge in [-0.2, -0.15) is 0 Å². The SMILES string of the molecule is COc1ccc2c(c1)C(=O)NCCC1CCCN(Cc3cccc(OC)c3OCc3cn(nn3)CCCO2)C1. The van der Waals surface area contributed by atoms with Gasteiger partial charge in [-0.05, 0) is 56.0 Å². The molecule has 2 aliphatic rings. The van der Waals surface area contributed by atoms with Crippen LogP contribution in [-0.2, 0) is 19.7 Å². The molecule has 2 aliphatic heterocycles. The van der Waals surface area contributed by atoms with Crippen LogP contribution in [0.4, 0.5) is 0 Å². The number of carbonyl (C=O) groups excluding carboxylic acids is 1. The number of carbonyl (C=O) groups is 1. The van der Waals surface area contributed by atoms with E-state index in [1.165, 1.54) is 0 Å². The van der Waals surface area contributed by atoms with Crippen molar-refractivity contribution in [3.63, 3.8) is 0 Å². The standard InChI is InChI=1S/C29H37N5O5/c1-36-24-9-10-26-25(16-24)29(35)30-12-11-21-6-4-13-33(17-21)18-22-7-3-8-27(37-2)28(22)39-20-23-19-34(32-31-23)14-5-15-38-26/h3,7-10,16,19,21H,4-6,11-15,17-18,20H2,1-2H3,(H,30,35). The van der Waals surface area contributed by atoms with Crippen LogP contribution < -0.4 is 24.3 Å². The summed E-state index contributed by atoms with van der Waals surface area (Å²) in [6.45, 7) is 4.73. The molecule has 0 aliphatic carbocycles. The van der Waals surface area contributed by atoms with Gasteiger partial charge in [0.15, 0.2) is 11.5 Å². The molecule has 2 atom stereocenters. The van der Waals surface area contributed by atoms with Crippen LogP contribution >= 0.6 is 0 Å².